The van der Waals surface area contributed by atoms with Gasteiger partial charge in [0.05, 0.1) is 16.6 Å². The van der Waals surface area contributed by atoms with E-state index in [1.807, 2.05) is 24.4 Å². The molecule has 1 saturated heterocycles. The van der Waals surface area contributed by atoms with Gasteiger partial charge in [-0.3, -0.25) is 9.88 Å². The molecule has 0 bridgehead atoms. The van der Waals surface area contributed by atoms with Gasteiger partial charge in [0, 0.05) is 35.8 Å². The molecule has 0 amide bonds. The highest BCUT2D eigenvalue weighted by atomic mass is 35.5. The fraction of sp³-hybridized carbons (Fsp3) is 0.500. The number of thiophene rings is 1. The Morgan fingerprint density at radius 1 is 1.50 bits per heavy atom. The summed E-state index contributed by atoms with van der Waals surface area (Å²) >= 11 is 7.78. The molecular weight excluding hydrogens is 344 g/mol. The number of nitrogens with zero attached hydrogens (tertiary/aromatic N) is 2. The van der Waals surface area contributed by atoms with Crippen molar-refractivity contribution in [1.29, 1.82) is 0 Å². The summed E-state index contributed by atoms with van der Waals surface area (Å²) in [7, 11) is 0. The van der Waals surface area contributed by atoms with Crippen molar-refractivity contribution < 1.29 is 9.84 Å². The lowest BCUT2D eigenvalue weighted by Crippen LogP contribution is -2.50. The zero-order chi connectivity index (χ0) is 16.7. The van der Waals surface area contributed by atoms with E-state index in [4.69, 9.17) is 16.3 Å². The maximum Gasteiger partial charge on any atom is 0.105 e. The lowest BCUT2D eigenvalue weighted by molar-refractivity contribution is -0.139. The van der Waals surface area contributed by atoms with Crippen LogP contribution in [-0.2, 0) is 16.9 Å². The molecule has 0 radical (unpaired) electrons. The van der Waals surface area contributed by atoms with Crippen LogP contribution in [0.25, 0.3) is 0 Å². The molecule has 1 spiro atoms. The van der Waals surface area contributed by atoms with Crippen LogP contribution in [0.3, 0.4) is 0 Å². The fourth-order valence-electron chi connectivity index (χ4n) is 3.90. The Balaban J connectivity index is 1.55. The highest BCUT2D eigenvalue weighted by molar-refractivity contribution is 7.16. The predicted octanol–water partition coefficient (Wildman–Crippen LogP) is 3.74. The third-order valence-electron chi connectivity index (χ3n) is 5.16. The minimum absolute atomic E-state index is 0.299. The van der Waals surface area contributed by atoms with Gasteiger partial charge in [0.15, 0.2) is 0 Å². The van der Waals surface area contributed by atoms with E-state index in [1.165, 1.54) is 0 Å². The molecule has 2 aromatic rings. The number of likely N-dealkylation sites (tertiary alicyclic amines) is 1. The summed E-state index contributed by atoms with van der Waals surface area (Å²) in [6.45, 7) is 4.40. The van der Waals surface area contributed by atoms with Gasteiger partial charge < -0.3 is 9.84 Å². The molecule has 4 nitrogen and oxygen atoms in total. The largest absolute Gasteiger partial charge is 0.386 e. The first-order chi connectivity index (χ1) is 11.6. The molecule has 2 aliphatic rings. The molecule has 0 aromatic carbocycles. The normalized spacial score (nSPS) is 30.5. The van der Waals surface area contributed by atoms with Gasteiger partial charge in [-0.2, -0.15) is 0 Å². The third-order valence-corrected chi connectivity index (χ3v) is 6.63. The molecule has 6 heteroatoms. The average molecular weight is 365 g/mol. The van der Waals surface area contributed by atoms with E-state index >= 15 is 0 Å². The van der Waals surface area contributed by atoms with Crippen molar-refractivity contribution in [2.24, 2.45) is 0 Å². The second kappa shape index (κ2) is 6.39. The first kappa shape index (κ1) is 16.5. The number of fused-ring (bicyclic) bond motifs is 2. The second-order valence-electron chi connectivity index (χ2n) is 6.75. The van der Waals surface area contributed by atoms with E-state index in [9.17, 15) is 5.11 Å². The summed E-state index contributed by atoms with van der Waals surface area (Å²) in [4.78, 5) is 8.02. The summed E-state index contributed by atoms with van der Waals surface area (Å²) in [5, 5.41) is 10.2. The summed E-state index contributed by atoms with van der Waals surface area (Å²) in [6.07, 6.45) is 3.12. The van der Waals surface area contributed by atoms with Crippen molar-refractivity contribution in [3.05, 3.63) is 50.9 Å². The zero-order valence-corrected chi connectivity index (χ0v) is 15.2. The number of hydrogen-bond donors (Lipinski definition) is 1. The first-order valence-electron chi connectivity index (χ1n) is 8.33. The van der Waals surface area contributed by atoms with Crippen LogP contribution in [-0.4, -0.2) is 34.2 Å². The molecule has 2 aliphatic heterocycles. The van der Waals surface area contributed by atoms with Gasteiger partial charge in [0.2, 0.25) is 0 Å². The minimum atomic E-state index is -0.559. The smallest absolute Gasteiger partial charge is 0.105 e. The van der Waals surface area contributed by atoms with Crippen molar-refractivity contribution in [3.8, 4) is 0 Å². The van der Waals surface area contributed by atoms with Gasteiger partial charge in [0.1, 0.15) is 11.7 Å². The van der Waals surface area contributed by atoms with E-state index in [2.05, 4.69) is 22.9 Å². The van der Waals surface area contributed by atoms with Gasteiger partial charge in [-0.25, -0.2) is 0 Å². The van der Waals surface area contributed by atoms with Crippen LogP contribution in [0.15, 0.2) is 30.5 Å². The molecule has 24 heavy (non-hydrogen) atoms. The van der Waals surface area contributed by atoms with E-state index in [1.54, 1.807) is 11.3 Å². The Bertz CT molecular complexity index is 723. The average Bonchev–Trinajstić information content (AvgIpc) is 2.99. The molecule has 3 atom stereocenters. The van der Waals surface area contributed by atoms with Crippen molar-refractivity contribution in [2.45, 2.75) is 44.1 Å². The monoisotopic (exact) mass is 364 g/mol. The van der Waals surface area contributed by atoms with Crippen LogP contribution in [0.1, 0.15) is 42.0 Å². The molecule has 1 fully saturated rings. The van der Waals surface area contributed by atoms with Crippen LogP contribution in [0.4, 0.5) is 0 Å². The lowest BCUT2D eigenvalue weighted by atomic mass is 9.81. The SMILES string of the molecule is C[C@H]1C[C@@]2(CCN1Cc1ccccn1)OC[C@H](O)c1cc(Cl)sc12. The minimum Gasteiger partial charge on any atom is -0.386 e. The molecule has 0 saturated carbocycles. The maximum atomic E-state index is 10.2. The van der Waals surface area contributed by atoms with E-state index in [0.29, 0.717) is 12.6 Å². The molecule has 4 heterocycles. The Morgan fingerprint density at radius 3 is 3.12 bits per heavy atom. The second-order valence-corrected chi connectivity index (χ2v) is 8.43. The standard InChI is InChI=1S/C18H21ClN2O2S/c1-12-9-18(5-7-21(12)10-13-4-2-3-6-20-13)17-14(8-16(19)24-17)15(22)11-23-18/h2-4,6,8,12,15,22H,5,7,9-11H2,1H3/t12-,15-,18+/m0/s1. The van der Waals surface area contributed by atoms with Crippen LogP contribution in [0.2, 0.25) is 4.34 Å². The molecule has 0 aliphatic carbocycles. The fourth-order valence-corrected chi connectivity index (χ4v) is 5.37. The van der Waals surface area contributed by atoms with Crippen LogP contribution in [0.5, 0.6) is 0 Å². The molecule has 128 valence electrons. The van der Waals surface area contributed by atoms with E-state index in [-0.39, 0.29) is 5.60 Å². The Labute approximate surface area is 151 Å². The maximum absolute atomic E-state index is 10.2. The highest BCUT2D eigenvalue weighted by Gasteiger charge is 2.46. The summed E-state index contributed by atoms with van der Waals surface area (Å²) < 4.78 is 6.92. The van der Waals surface area contributed by atoms with Gasteiger partial charge >= 0.3 is 0 Å². The van der Waals surface area contributed by atoms with E-state index < -0.39 is 6.10 Å². The molecule has 2 aromatic heterocycles. The topological polar surface area (TPSA) is 45.6 Å². The number of aromatic nitrogens is 1. The molecule has 4 rings (SSSR count). The van der Waals surface area contributed by atoms with Gasteiger partial charge in [-0.05, 0) is 38.0 Å². The Kier molecular flexibility index (Phi) is 4.39. The quantitative estimate of drug-likeness (QED) is 0.881. The summed E-state index contributed by atoms with van der Waals surface area (Å²) in [5.41, 5.74) is 1.76. The lowest BCUT2D eigenvalue weighted by Gasteiger charge is -2.47. The number of ether oxygens (including phenoxy) is 1. The Morgan fingerprint density at radius 2 is 2.38 bits per heavy atom. The van der Waals surface area contributed by atoms with E-state index in [0.717, 1.165) is 46.4 Å². The van der Waals surface area contributed by atoms with Crippen molar-refractivity contribution in [3.63, 3.8) is 0 Å². The van der Waals surface area contributed by atoms with Gasteiger partial charge in [0.25, 0.3) is 0 Å². The highest BCUT2D eigenvalue weighted by Crippen LogP contribution is 2.50. The summed E-state index contributed by atoms with van der Waals surface area (Å²) in [5.74, 6) is 0. The third kappa shape index (κ3) is 2.89. The number of aliphatic hydroxyl groups is 1. The van der Waals surface area contributed by atoms with Crippen LogP contribution >= 0.6 is 22.9 Å². The zero-order valence-electron chi connectivity index (χ0n) is 13.6. The number of aliphatic hydroxyl groups excluding tert-OH is 1. The number of rotatable bonds is 2. The van der Waals surface area contributed by atoms with Crippen LogP contribution < -0.4 is 0 Å². The number of piperidine rings is 1. The molecular formula is C18H21ClN2O2S. The predicted molar refractivity (Wildman–Crippen MR) is 95.3 cm³/mol. The molecule has 1 N–H and O–H groups in total. The van der Waals surface area contributed by atoms with Crippen molar-refractivity contribution >= 4 is 22.9 Å². The summed E-state index contributed by atoms with van der Waals surface area (Å²) in [6, 6.07) is 8.33. The first-order valence-corrected chi connectivity index (χ1v) is 9.52. The van der Waals surface area contributed by atoms with Gasteiger partial charge in [-0.1, -0.05) is 17.7 Å². The number of pyridine rings is 1. The van der Waals surface area contributed by atoms with Crippen LogP contribution in [0, 0.1) is 0 Å². The van der Waals surface area contributed by atoms with Crippen molar-refractivity contribution in [2.75, 3.05) is 13.2 Å². The number of halogens is 1. The molecule has 0 unspecified atom stereocenters. The Hall–Kier alpha value is -0.980. The van der Waals surface area contributed by atoms with Crippen molar-refractivity contribution in [1.82, 2.24) is 9.88 Å². The number of hydrogen-bond acceptors (Lipinski definition) is 5. The van der Waals surface area contributed by atoms with Gasteiger partial charge in [-0.15, -0.1) is 11.3 Å².